The molecule has 1 fully saturated rings. The molecule has 0 radical (unpaired) electrons. The zero-order valence-corrected chi connectivity index (χ0v) is 19.7. The molecule has 0 bridgehead atoms. The molecule has 1 saturated carbocycles. The predicted octanol–water partition coefficient (Wildman–Crippen LogP) is 5.59. The quantitative estimate of drug-likeness (QED) is 0.490. The first-order valence-electron chi connectivity index (χ1n) is 12.0. The van der Waals surface area contributed by atoms with E-state index in [9.17, 15) is 14.7 Å². The predicted molar refractivity (Wildman–Crippen MR) is 132 cm³/mol. The maximum absolute atomic E-state index is 13.9. The molecule has 1 heterocycles. The smallest absolute Gasteiger partial charge is 0.335 e. The maximum Gasteiger partial charge on any atom is 0.335 e. The molecule has 0 spiro atoms. The van der Waals surface area contributed by atoms with Gasteiger partial charge >= 0.3 is 5.97 Å². The number of aromatic carboxylic acids is 1. The van der Waals surface area contributed by atoms with E-state index < -0.39 is 11.4 Å². The van der Waals surface area contributed by atoms with Gasteiger partial charge in [-0.3, -0.25) is 4.79 Å². The zero-order chi connectivity index (χ0) is 24.4. The van der Waals surface area contributed by atoms with Crippen LogP contribution in [0.4, 0.5) is 0 Å². The minimum atomic E-state index is -0.968. The highest BCUT2D eigenvalue weighted by Gasteiger charge is 2.44. The summed E-state index contributed by atoms with van der Waals surface area (Å²) in [4.78, 5) is 25.2. The van der Waals surface area contributed by atoms with Gasteiger partial charge in [-0.1, -0.05) is 55.3 Å². The van der Waals surface area contributed by atoms with Crippen LogP contribution in [0.3, 0.4) is 0 Å². The first-order valence-corrected chi connectivity index (χ1v) is 12.0. The van der Waals surface area contributed by atoms with E-state index in [1.165, 1.54) is 0 Å². The number of hydrogen-bond acceptors (Lipinski definition) is 4. The molecule has 2 N–H and O–H groups in total. The van der Waals surface area contributed by atoms with Crippen LogP contribution in [0.1, 0.15) is 71.3 Å². The lowest BCUT2D eigenvalue weighted by atomic mass is 9.77. The van der Waals surface area contributed by atoms with E-state index in [1.54, 1.807) is 31.4 Å². The SMILES string of the molecule is COc1ccc2c(c1)O[C@@H](c1ccc(C(=O)O)cc1)C[C@H]2NC(=O)C1(c2ccccc2)CCCC1. The summed E-state index contributed by atoms with van der Waals surface area (Å²) in [5.41, 5.74) is 2.55. The van der Waals surface area contributed by atoms with Crippen LogP contribution < -0.4 is 14.8 Å². The van der Waals surface area contributed by atoms with Gasteiger partial charge in [0.25, 0.3) is 0 Å². The fourth-order valence-electron chi connectivity index (χ4n) is 5.43. The lowest BCUT2D eigenvalue weighted by Crippen LogP contribution is -2.45. The Hall–Kier alpha value is -3.80. The Bertz CT molecular complexity index is 1220. The van der Waals surface area contributed by atoms with Crippen LogP contribution in [-0.4, -0.2) is 24.1 Å². The second-order valence-electron chi connectivity index (χ2n) is 9.35. The van der Waals surface area contributed by atoms with Crippen molar-refractivity contribution < 1.29 is 24.2 Å². The first kappa shape index (κ1) is 23.0. The van der Waals surface area contributed by atoms with E-state index in [1.807, 2.05) is 36.4 Å². The summed E-state index contributed by atoms with van der Waals surface area (Å²) in [7, 11) is 1.61. The molecule has 2 aliphatic rings. The lowest BCUT2D eigenvalue weighted by Gasteiger charge is -2.36. The van der Waals surface area contributed by atoms with Gasteiger partial charge in [-0.25, -0.2) is 4.79 Å². The number of hydrogen-bond donors (Lipinski definition) is 2. The van der Waals surface area contributed by atoms with Crippen molar-refractivity contribution in [3.05, 3.63) is 95.1 Å². The molecule has 180 valence electrons. The maximum atomic E-state index is 13.9. The molecule has 1 aliphatic carbocycles. The van der Waals surface area contributed by atoms with E-state index >= 15 is 0 Å². The number of carboxylic acid groups (broad SMARTS) is 1. The van der Waals surface area contributed by atoms with E-state index in [0.717, 1.165) is 42.4 Å². The third-order valence-corrected chi connectivity index (χ3v) is 7.37. The van der Waals surface area contributed by atoms with Gasteiger partial charge in [0.2, 0.25) is 5.91 Å². The Labute approximate surface area is 204 Å². The highest BCUT2D eigenvalue weighted by Crippen LogP contribution is 2.45. The van der Waals surface area contributed by atoms with Crippen molar-refractivity contribution in [2.45, 2.75) is 49.7 Å². The van der Waals surface area contributed by atoms with Crippen molar-refractivity contribution in [3.8, 4) is 11.5 Å². The average molecular weight is 472 g/mol. The van der Waals surface area contributed by atoms with Crippen LogP contribution in [0.15, 0.2) is 72.8 Å². The summed E-state index contributed by atoms with van der Waals surface area (Å²) in [6.07, 6.45) is 3.94. The number of carboxylic acids is 1. The van der Waals surface area contributed by atoms with Crippen LogP contribution in [-0.2, 0) is 10.2 Å². The van der Waals surface area contributed by atoms with Crippen molar-refractivity contribution in [2.75, 3.05) is 7.11 Å². The normalized spacial score (nSPS) is 20.4. The molecule has 0 aromatic heterocycles. The largest absolute Gasteiger partial charge is 0.497 e. The highest BCUT2D eigenvalue weighted by molar-refractivity contribution is 5.89. The fourth-order valence-corrected chi connectivity index (χ4v) is 5.43. The Morgan fingerprint density at radius 3 is 2.37 bits per heavy atom. The molecule has 1 aliphatic heterocycles. The molecule has 5 rings (SSSR count). The number of carbonyl (C=O) groups is 2. The fraction of sp³-hybridized carbons (Fsp3) is 0.310. The molecule has 2 atom stereocenters. The third kappa shape index (κ3) is 4.36. The van der Waals surface area contributed by atoms with E-state index in [0.29, 0.717) is 17.9 Å². The molecule has 6 nitrogen and oxygen atoms in total. The van der Waals surface area contributed by atoms with Crippen molar-refractivity contribution in [3.63, 3.8) is 0 Å². The molecule has 3 aromatic carbocycles. The third-order valence-electron chi connectivity index (χ3n) is 7.37. The number of rotatable bonds is 6. The van der Waals surface area contributed by atoms with E-state index in [-0.39, 0.29) is 23.6 Å². The van der Waals surface area contributed by atoms with Gasteiger partial charge < -0.3 is 19.9 Å². The van der Waals surface area contributed by atoms with Crippen LogP contribution in [0, 0.1) is 0 Å². The van der Waals surface area contributed by atoms with E-state index in [2.05, 4.69) is 17.4 Å². The van der Waals surface area contributed by atoms with Gasteiger partial charge in [-0.2, -0.15) is 0 Å². The van der Waals surface area contributed by atoms with Gasteiger partial charge in [0.1, 0.15) is 17.6 Å². The van der Waals surface area contributed by atoms with Gasteiger partial charge in [0.15, 0.2) is 0 Å². The minimum absolute atomic E-state index is 0.0508. The molecule has 0 unspecified atom stereocenters. The van der Waals surface area contributed by atoms with Crippen molar-refractivity contribution in [2.24, 2.45) is 0 Å². The van der Waals surface area contributed by atoms with Gasteiger partial charge in [0.05, 0.1) is 24.1 Å². The Kier molecular flexibility index (Phi) is 6.20. The average Bonchev–Trinajstić information content (AvgIpc) is 3.40. The molecule has 3 aromatic rings. The summed E-state index contributed by atoms with van der Waals surface area (Å²) in [6, 6.07) is 22.2. The van der Waals surface area contributed by atoms with Crippen molar-refractivity contribution >= 4 is 11.9 Å². The second kappa shape index (κ2) is 9.45. The lowest BCUT2D eigenvalue weighted by molar-refractivity contribution is -0.127. The standard InChI is InChI=1S/C29H29NO5/c1-34-22-13-14-23-24(30-28(33)29(15-5-6-16-29)21-7-3-2-4-8-21)18-25(35-26(23)17-22)19-9-11-20(12-10-19)27(31)32/h2-4,7-14,17,24-25H,5-6,15-16,18H2,1H3,(H,30,33)(H,31,32)/t24-,25-/m1/s1. The molecule has 6 heteroatoms. The summed E-state index contributed by atoms with van der Waals surface area (Å²) in [6.45, 7) is 0. The van der Waals surface area contributed by atoms with Gasteiger partial charge in [-0.05, 0) is 48.2 Å². The highest BCUT2D eigenvalue weighted by atomic mass is 16.5. The van der Waals surface area contributed by atoms with Crippen LogP contribution in [0.5, 0.6) is 11.5 Å². The topological polar surface area (TPSA) is 84.9 Å². The van der Waals surface area contributed by atoms with Crippen LogP contribution in [0.2, 0.25) is 0 Å². The Balaban J connectivity index is 1.47. The Morgan fingerprint density at radius 1 is 1.00 bits per heavy atom. The van der Waals surface area contributed by atoms with E-state index in [4.69, 9.17) is 9.47 Å². The zero-order valence-electron chi connectivity index (χ0n) is 19.7. The van der Waals surface area contributed by atoms with Crippen molar-refractivity contribution in [1.82, 2.24) is 5.32 Å². The monoisotopic (exact) mass is 471 g/mol. The summed E-state index contributed by atoms with van der Waals surface area (Å²) >= 11 is 0. The number of carbonyl (C=O) groups excluding carboxylic acids is 1. The number of ether oxygens (including phenoxy) is 2. The molecule has 1 amide bonds. The second-order valence-corrected chi connectivity index (χ2v) is 9.35. The van der Waals surface area contributed by atoms with Crippen LogP contribution >= 0.6 is 0 Å². The number of benzene rings is 3. The Morgan fingerprint density at radius 2 is 1.71 bits per heavy atom. The molecular formula is C29H29NO5. The van der Waals surface area contributed by atoms with Crippen LogP contribution in [0.25, 0.3) is 0 Å². The number of fused-ring (bicyclic) bond motifs is 1. The van der Waals surface area contributed by atoms with Gasteiger partial charge in [-0.15, -0.1) is 0 Å². The minimum Gasteiger partial charge on any atom is -0.497 e. The molecule has 35 heavy (non-hydrogen) atoms. The number of nitrogens with one attached hydrogen (secondary N) is 1. The number of amides is 1. The summed E-state index contributed by atoms with van der Waals surface area (Å²) in [5.74, 6) is 0.416. The summed E-state index contributed by atoms with van der Waals surface area (Å²) < 4.78 is 11.7. The summed E-state index contributed by atoms with van der Waals surface area (Å²) in [5, 5.41) is 12.6. The van der Waals surface area contributed by atoms with Gasteiger partial charge in [0, 0.05) is 18.1 Å². The first-order chi connectivity index (χ1) is 17.0. The number of methoxy groups -OCH3 is 1. The molecular weight excluding hydrogens is 442 g/mol. The van der Waals surface area contributed by atoms with Crippen molar-refractivity contribution in [1.29, 1.82) is 0 Å². The molecule has 0 saturated heterocycles.